The van der Waals surface area contributed by atoms with Gasteiger partial charge >= 0.3 is 6.09 Å². The summed E-state index contributed by atoms with van der Waals surface area (Å²) in [4.78, 5) is 42.1. The van der Waals surface area contributed by atoms with E-state index in [1.807, 2.05) is 0 Å². The quantitative estimate of drug-likeness (QED) is 0.442. The molecule has 196 valence electrons. The van der Waals surface area contributed by atoms with Gasteiger partial charge in [-0.05, 0) is 36.6 Å². The molecule has 3 amide bonds. The van der Waals surface area contributed by atoms with Gasteiger partial charge in [-0.15, -0.1) is 11.3 Å². The van der Waals surface area contributed by atoms with Crippen LogP contribution in [0, 0.1) is 5.82 Å². The summed E-state index contributed by atoms with van der Waals surface area (Å²) >= 11 is 0.949. The predicted molar refractivity (Wildman–Crippen MR) is 138 cm³/mol. The van der Waals surface area contributed by atoms with Gasteiger partial charge in [0.1, 0.15) is 10.8 Å². The van der Waals surface area contributed by atoms with Crippen LogP contribution in [0.2, 0.25) is 0 Å². The molecule has 10 nitrogen and oxygen atoms in total. The van der Waals surface area contributed by atoms with Gasteiger partial charge in [-0.3, -0.25) is 14.5 Å². The minimum Gasteiger partial charge on any atom is -0.452 e. The third-order valence-electron chi connectivity index (χ3n) is 5.74. The Hall–Kier alpha value is -3.58. The Balaban J connectivity index is 1.64. The number of carbonyl (C=O) groups is 3. The second-order valence-electron chi connectivity index (χ2n) is 8.70. The van der Waals surface area contributed by atoms with Crippen molar-refractivity contribution in [2.24, 2.45) is 0 Å². The maximum absolute atomic E-state index is 15.1. The highest BCUT2D eigenvalue weighted by atomic mass is 32.2. The zero-order chi connectivity index (χ0) is 26.9. The molecule has 1 saturated carbocycles. The van der Waals surface area contributed by atoms with Crippen molar-refractivity contribution in [2.75, 3.05) is 31.9 Å². The molecule has 0 saturated heterocycles. The summed E-state index contributed by atoms with van der Waals surface area (Å²) in [5.41, 5.74) is 1.35. The summed E-state index contributed by atoms with van der Waals surface area (Å²) in [6, 6.07) is 9.40. The zero-order valence-corrected chi connectivity index (χ0v) is 21.9. The molecule has 1 atom stereocenters. The summed E-state index contributed by atoms with van der Waals surface area (Å²) in [6.07, 6.45) is 2.07. The van der Waals surface area contributed by atoms with E-state index in [2.05, 4.69) is 15.6 Å². The van der Waals surface area contributed by atoms with Gasteiger partial charge < -0.3 is 15.4 Å². The number of anilines is 1. The molecule has 2 N–H and O–H groups in total. The lowest BCUT2D eigenvalue weighted by Gasteiger charge is -2.16. The van der Waals surface area contributed by atoms with Crippen molar-refractivity contribution in [3.63, 3.8) is 0 Å². The van der Waals surface area contributed by atoms with Gasteiger partial charge in [-0.25, -0.2) is 22.6 Å². The highest BCUT2D eigenvalue weighted by Gasteiger charge is 2.34. The number of ether oxygens (including phenoxy) is 1. The van der Waals surface area contributed by atoms with Gasteiger partial charge in [-0.2, -0.15) is 0 Å². The number of methoxy groups -OCH3 is 1. The van der Waals surface area contributed by atoms with Crippen molar-refractivity contribution in [1.82, 2.24) is 15.6 Å². The largest absolute Gasteiger partial charge is 0.452 e. The summed E-state index contributed by atoms with van der Waals surface area (Å²) in [5, 5.41) is 3.39. The Morgan fingerprint density at radius 2 is 1.97 bits per heavy atom. The summed E-state index contributed by atoms with van der Waals surface area (Å²) in [7, 11) is -1.19. The Morgan fingerprint density at radius 3 is 2.62 bits per heavy atom. The number of carbonyl (C=O) groups excluding carboxylic acids is 3. The molecule has 0 aliphatic heterocycles. The molecule has 13 heteroatoms. The molecule has 3 aromatic rings. The molecular weight excluding hydrogens is 523 g/mol. The summed E-state index contributed by atoms with van der Waals surface area (Å²) < 4.78 is 45.3. The Morgan fingerprint density at radius 1 is 1.24 bits per heavy atom. The minimum atomic E-state index is -3.96. The van der Waals surface area contributed by atoms with Gasteiger partial charge in [0.05, 0.1) is 23.9 Å². The highest BCUT2D eigenvalue weighted by Crippen LogP contribution is 2.35. The lowest BCUT2D eigenvalue weighted by atomic mass is 10.0. The van der Waals surface area contributed by atoms with E-state index >= 15 is 4.39 Å². The van der Waals surface area contributed by atoms with E-state index in [0.717, 1.165) is 30.4 Å². The zero-order valence-electron chi connectivity index (χ0n) is 20.3. The molecule has 0 bridgehead atoms. The molecule has 1 aliphatic carbocycles. The molecule has 1 heterocycles. The molecule has 4 rings (SSSR count). The second-order valence-corrected chi connectivity index (χ2v) is 11.9. The monoisotopic (exact) mass is 548 g/mol. The predicted octanol–water partition coefficient (Wildman–Crippen LogP) is 2.79. The first-order valence-corrected chi connectivity index (χ1v) is 14.0. The molecule has 0 radical (unpaired) electrons. The van der Waals surface area contributed by atoms with Crippen LogP contribution >= 0.6 is 11.3 Å². The molecule has 1 aromatic heterocycles. The van der Waals surface area contributed by atoms with Crippen molar-refractivity contribution >= 4 is 55.0 Å². The van der Waals surface area contributed by atoms with Crippen LogP contribution in [0.25, 0.3) is 21.3 Å². The number of sulfone groups is 1. The second kappa shape index (κ2) is 10.4. The number of hydrogen-bond acceptors (Lipinski definition) is 8. The molecular formula is C24H25FN4O6S2. The number of aromatic nitrogens is 1. The summed E-state index contributed by atoms with van der Waals surface area (Å²) in [6.45, 7) is -0.360. The first-order chi connectivity index (χ1) is 17.5. The third kappa shape index (κ3) is 6.05. The first-order valence-electron chi connectivity index (χ1n) is 11.3. The number of benzene rings is 2. The van der Waals surface area contributed by atoms with Crippen LogP contribution in [0.3, 0.4) is 0 Å². The van der Waals surface area contributed by atoms with Gasteiger partial charge in [0, 0.05) is 36.7 Å². The SMILES string of the molecule is COC(=O)N(C)c1cccc(-c2cc3sc(C(C(=O)NCC(=O)NC4CC4)S(C)(=O)=O)nc3cc2F)c1. The van der Waals surface area contributed by atoms with E-state index in [1.54, 1.807) is 24.3 Å². The number of amides is 3. The first kappa shape index (κ1) is 26.5. The fourth-order valence-corrected chi connectivity index (χ4v) is 6.21. The highest BCUT2D eigenvalue weighted by molar-refractivity contribution is 7.91. The Bertz CT molecular complexity index is 1490. The minimum absolute atomic E-state index is 0.0340. The van der Waals surface area contributed by atoms with E-state index in [1.165, 1.54) is 31.2 Å². The average molecular weight is 549 g/mol. The standard InChI is InChI=1S/C24H25FN4O6S2/c1-29(24(32)35-2)15-6-4-5-13(9-15)16-10-19-18(11-17(16)25)28-23(36-19)21(37(3,33)34)22(31)26-12-20(30)27-14-7-8-14/h4-6,9-11,14,21H,7-8,12H2,1-3H3,(H,26,31)(H,27,30). The topological polar surface area (TPSA) is 135 Å². The Labute approximate surface area is 216 Å². The third-order valence-corrected chi connectivity index (χ3v) is 8.27. The van der Waals surface area contributed by atoms with Crippen LogP contribution < -0.4 is 15.5 Å². The van der Waals surface area contributed by atoms with Crippen molar-refractivity contribution in [1.29, 1.82) is 0 Å². The van der Waals surface area contributed by atoms with E-state index in [9.17, 15) is 22.8 Å². The summed E-state index contributed by atoms with van der Waals surface area (Å²) in [5.74, 6) is -1.90. The molecule has 1 aliphatic rings. The van der Waals surface area contributed by atoms with Crippen LogP contribution in [0.1, 0.15) is 23.1 Å². The number of hydrogen-bond donors (Lipinski definition) is 2. The molecule has 1 unspecified atom stereocenters. The van der Waals surface area contributed by atoms with Gasteiger partial charge in [-0.1, -0.05) is 12.1 Å². The van der Waals surface area contributed by atoms with Gasteiger partial charge in [0.15, 0.2) is 15.1 Å². The maximum Gasteiger partial charge on any atom is 0.413 e. The van der Waals surface area contributed by atoms with Gasteiger partial charge in [0.2, 0.25) is 11.8 Å². The van der Waals surface area contributed by atoms with Crippen LogP contribution in [-0.4, -0.2) is 64.3 Å². The van der Waals surface area contributed by atoms with E-state index in [-0.39, 0.29) is 28.7 Å². The van der Waals surface area contributed by atoms with Crippen LogP contribution in [0.5, 0.6) is 0 Å². The van der Waals surface area contributed by atoms with Crippen molar-refractivity contribution in [3.05, 3.63) is 47.2 Å². The van der Waals surface area contributed by atoms with E-state index < -0.39 is 38.8 Å². The normalized spacial score (nSPS) is 14.2. The molecule has 1 fully saturated rings. The molecule has 0 spiro atoms. The van der Waals surface area contributed by atoms with Crippen molar-refractivity contribution in [2.45, 2.75) is 24.1 Å². The number of halogens is 1. The van der Waals surface area contributed by atoms with Crippen LogP contribution in [-0.2, 0) is 24.2 Å². The van der Waals surface area contributed by atoms with Crippen LogP contribution in [0.4, 0.5) is 14.9 Å². The lowest BCUT2D eigenvalue weighted by Crippen LogP contribution is -2.41. The average Bonchev–Trinajstić information content (AvgIpc) is 3.57. The number of nitrogens with one attached hydrogen (secondary N) is 2. The van der Waals surface area contributed by atoms with Crippen LogP contribution in [0.15, 0.2) is 36.4 Å². The number of fused-ring (bicyclic) bond motifs is 1. The van der Waals surface area contributed by atoms with E-state index in [0.29, 0.717) is 16.0 Å². The fraction of sp³-hybridized carbons (Fsp3) is 0.333. The van der Waals surface area contributed by atoms with Crippen molar-refractivity contribution < 1.29 is 31.9 Å². The number of rotatable bonds is 8. The van der Waals surface area contributed by atoms with E-state index in [4.69, 9.17) is 4.74 Å². The fourth-order valence-electron chi connectivity index (χ4n) is 3.68. The maximum atomic E-state index is 15.1. The molecule has 2 aromatic carbocycles. The number of nitrogens with zero attached hydrogens (tertiary/aromatic N) is 2. The molecule has 37 heavy (non-hydrogen) atoms. The smallest absolute Gasteiger partial charge is 0.413 e. The Kier molecular flexibility index (Phi) is 7.46. The van der Waals surface area contributed by atoms with Gasteiger partial charge in [0.25, 0.3) is 0 Å². The number of thiazole rings is 1. The van der Waals surface area contributed by atoms with Crippen molar-refractivity contribution in [3.8, 4) is 11.1 Å². The lowest BCUT2D eigenvalue weighted by molar-refractivity contribution is -0.126.